The van der Waals surface area contributed by atoms with Gasteiger partial charge in [0.2, 0.25) is 0 Å². The van der Waals surface area contributed by atoms with Crippen LogP contribution in [0.5, 0.6) is 0 Å². The summed E-state index contributed by atoms with van der Waals surface area (Å²) in [5.41, 5.74) is 2.25. The third-order valence-corrected chi connectivity index (χ3v) is 5.96. The van der Waals surface area contributed by atoms with Gasteiger partial charge in [-0.2, -0.15) is 5.10 Å². The molecule has 2 saturated carbocycles. The molecule has 0 unspecified atom stereocenters. The van der Waals surface area contributed by atoms with E-state index in [1.54, 1.807) is 12.5 Å². The zero-order valence-corrected chi connectivity index (χ0v) is 15.3. The summed E-state index contributed by atoms with van der Waals surface area (Å²) >= 11 is 0. The molecule has 2 fully saturated rings. The third-order valence-electron chi connectivity index (χ3n) is 5.96. The molecular formula is C21H25N5O. The Balaban J connectivity index is 1.08. The van der Waals surface area contributed by atoms with Crippen LogP contribution in [0.1, 0.15) is 43.6 Å². The topological polar surface area (TPSA) is 75.7 Å². The van der Waals surface area contributed by atoms with E-state index in [9.17, 15) is 0 Å². The first-order valence-corrected chi connectivity index (χ1v) is 9.94. The van der Waals surface area contributed by atoms with Gasteiger partial charge in [-0.25, -0.2) is 9.97 Å². The third kappa shape index (κ3) is 3.67. The second-order valence-corrected chi connectivity index (χ2v) is 7.82. The van der Waals surface area contributed by atoms with E-state index in [1.165, 1.54) is 12.0 Å². The lowest BCUT2D eigenvalue weighted by Gasteiger charge is -2.29. The Bertz CT molecular complexity index is 888. The van der Waals surface area contributed by atoms with Gasteiger partial charge in [0.05, 0.1) is 24.3 Å². The Hall–Kier alpha value is -2.47. The molecule has 0 bridgehead atoms. The molecule has 3 aromatic rings. The highest BCUT2D eigenvalue weighted by Gasteiger charge is 2.38. The fourth-order valence-corrected chi connectivity index (χ4v) is 4.25. The van der Waals surface area contributed by atoms with Gasteiger partial charge in [-0.15, -0.1) is 0 Å². The van der Waals surface area contributed by atoms with Crippen molar-refractivity contribution in [1.29, 1.82) is 0 Å². The maximum absolute atomic E-state index is 6.25. The molecule has 0 saturated heterocycles. The summed E-state index contributed by atoms with van der Waals surface area (Å²) in [6.07, 6.45) is 9.48. The van der Waals surface area contributed by atoms with Gasteiger partial charge in [-0.1, -0.05) is 30.3 Å². The summed E-state index contributed by atoms with van der Waals surface area (Å²) in [6, 6.07) is 11.3. The standard InChI is InChI=1S/C21H25N5O/c1-2-4-14(5-3-1)18-10-15(18)12-27-17-8-6-16(7-9-17)25-20-19-11-24-26-21(19)23-13-22-20/h1-5,11,13,15-18H,6-10,12H2,(H2,22,23,24,25,26)/t15-,16?,17?,18-/m0/s1. The molecule has 0 aliphatic heterocycles. The van der Waals surface area contributed by atoms with E-state index in [2.05, 4.69) is 55.8 Å². The van der Waals surface area contributed by atoms with Crippen LogP contribution >= 0.6 is 0 Å². The number of fused-ring (bicyclic) bond motifs is 1. The maximum atomic E-state index is 6.25. The van der Waals surface area contributed by atoms with Crippen LogP contribution < -0.4 is 5.32 Å². The number of aromatic amines is 1. The summed E-state index contributed by atoms with van der Waals surface area (Å²) in [6.45, 7) is 0.907. The lowest BCUT2D eigenvalue weighted by Crippen LogP contribution is -2.30. The van der Waals surface area contributed by atoms with Gasteiger partial charge < -0.3 is 10.1 Å². The molecule has 1 aromatic carbocycles. The van der Waals surface area contributed by atoms with Gasteiger partial charge >= 0.3 is 0 Å². The number of rotatable bonds is 6. The van der Waals surface area contributed by atoms with E-state index in [4.69, 9.17) is 4.74 Å². The van der Waals surface area contributed by atoms with E-state index in [1.807, 2.05) is 0 Å². The molecular weight excluding hydrogens is 338 g/mol. The second kappa shape index (κ2) is 7.27. The van der Waals surface area contributed by atoms with Crippen LogP contribution in [-0.4, -0.2) is 38.9 Å². The highest BCUT2D eigenvalue weighted by molar-refractivity contribution is 5.85. The molecule has 6 heteroatoms. The van der Waals surface area contributed by atoms with Gasteiger partial charge in [-0.05, 0) is 49.5 Å². The Kier molecular flexibility index (Phi) is 4.49. The molecule has 0 spiro atoms. The van der Waals surface area contributed by atoms with Crippen molar-refractivity contribution in [2.75, 3.05) is 11.9 Å². The molecule has 140 valence electrons. The molecule has 0 radical (unpaired) electrons. The summed E-state index contributed by atoms with van der Waals surface area (Å²) < 4.78 is 6.25. The first-order chi connectivity index (χ1) is 13.4. The molecule has 2 atom stereocenters. The predicted molar refractivity (Wildman–Crippen MR) is 105 cm³/mol. The number of benzene rings is 1. The summed E-state index contributed by atoms with van der Waals surface area (Å²) in [5, 5.41) is 11.5. The number of H-pyrrole nitrogens is 1. The van der Waals surface area contributed by atoms with Crippen LogP contribution in [0.15, 0.2) is 42.9 Å². The number of anilines is 1. The molecule has 27 heavy (non-hydrogen) atoms. The second-order valence-electron chi connectivity index (χ2n) is 7.82. The van der Waals surface area contributed by atoms with E-state index in [0.717, 1.165) is 49.1 Å². The predicted octanol–water partition coefficient (Wildman–Crippen LogP) is 3.90. The van der Waals surface area contributed by atoms with Crippen LogP contribution in [0.4, 0.5) is 5.82 Å². The van der Waals surface area contributed by atoms with Gasteiger partial charge in [0.1, 0.15) is 12.1 Å². The number of hydrogen-bond donors (Lipinski definition) is 2. The van der Waals surface area contributed by atoms with Crippen molar-refractivity contribution in [2.45, 2.75) is 50.2 Å². The van der Waals surface area contributed by atoms with Crippen molar-refractivity contribution < 1.29 is 4.74 Å². The Labute approximate surface area is 158 Å². The van der Waals surface area contributed by atoms with Crippen molar-refractivity contribution >= 4 is 16.9 Å². The summed E-state index contributed by atoms with van der Waals surface area (Å²) in [5.74, 6) is 2.29. The number of hydrogen-bond acceptors (Lipinski definition) is 5. The molecule has 5 rings (SSSR count). The quantitative estimate of drug-likeness (QED) is 0.695. The average Bonchev–Trinajstić information content (AvgIpc) is 3.34. The van der Waals surface area contributed by atoms with E-state index < -0.39 is 0 Å². The van der Waals surface area contributed by atoms with Gasteiger partial charge in [0.25, 0.3) is 0 Å². The molecule has 2 aromatic heterocycles. The summed E-state index contributed by atoms with van der Waals surface area (Å²) in [7, 11) is 0. The molecule has 0 amide bonds. The van der Waals surface area contributed by atoms with Gasteiger partial charge in [0, 0.05) is 6.04 Å². The van der Waals surface area contributed by atoms with Crippen LogP contribution in [0.25, 0.3) is 11.0 Å². The van der Waals surface area contributed by atoms with Crippen molar-refractivity contribution in [3.05, 3.63) is 48.4 Å². The fourth-order valence-electron chi connectivity index (χ4n) is 4.25. The summed E-state index contributed by atoms with van der Waals surface area (Å²) in [4.78, 5) is 8.58. The van der Waals surface area contributed by atoms with E-state index in [-0.39, 0.29) is 0 Å². The Morgan fingerprint density at radius 1 is 1.07 bits per heavy atom. The number of aromatic nitrogens is 4. The van der Waals surface area contributed by atoms with Crippen molar-refractivity contribution in [1.82, 2.24) is 20.2 Å². The minimum absolute atomic E-state index is 0.402. The first kappa shape index (κ1) is 16.7. The Morgan fingerprint density at radius 3 is 2.78 bits per heavy atom. The zero-order valence-electron chi connectivity index (χ0n) is 15.3. The van der Waals surface area contributed by atoms with Gasteiger partial charge in [-0.3, -0.25) is 5.10 Å². The average molecular weight is 363 g/mol. The molecule has 2 aliphatic carbocycles. The van der Waals surface area contributed by atoms with Crippen LogP contribution in [0, 0.1) is 5.92 Å². The molecule has 2 N–H and O–H groups in total. The highest BCUT2D eigenvalue weighted by atomic mass is 16.5. The monoisotopic (exact) mass is 363 g/mol. The first-order valence-electron chi connectivity index (χ1n) is 9.94. The van der Waals surface area contributed by atoms with Crippen molar-refractivity contribution in [2.24, 2.45) is 5.92 Å². The molecule has 2 heterocycles. The fraction of sp³-hybridized carbons (Fsp3) is 0.476. The van der Waals surface area contributed by atoms with Gasteiger partial charge in [0.15, 0.2) is 5.65 Å². The maximum Gasteiger partial charge on any atom is 0.160 e. The minimum Gasteiger partial charge on any atom is -0.378 e. The van der Waals surface area contributed by atoms with Crippen molar-refractivity contribution in [3.63, 3.8) is 0 Å². The molecule has 2 aliphatic rings. The lowest BCUT2D eigenvalue weighted by atomic mass is 9.93. The molecule has 6 nitrogen and oxygen atoms in total. The smallest absolute Gasteiger partial charge is 0.160 e. The SMILES string of the molecule is c1ccc([C@@H]2C[C@H]2COC2CCC(Nc3ncnc4[nH]ncc34)CC2)cc1. The number of nitrogens with one attached hydrogen (secondary N) is 2. The van der Waals surface area contributed by atoms with E-state index in [0.29, 0.717) is 24.0 Å². The van der Waals surface area contributed by atoms with Crippen LogP contribution in [0.2, 0.25) is 0 Å². The number of nitrogens with zero attached hydrogens (tertiary/aromatic N) is 3. The lowest BCUT2D eigenvalue weighted by molar-refractivity contribution is 0.0196. The largest absolute Gasteiger partial charge is 0.378 e. The zero-order chi connectivity index (χ0) is 18.1. The van der Waals surface area contributed by atoms with E-state index >= 15 is 0 Å². The normalized spacial score (nSPS) is 27.6. The van der Waals surface area contributed by atoms with Crippen molar-refractivity contribution in [3.8, 4) is 0 Å². The van der Waals surface area contributed by atoms with Crippen LogP contribution in [0.3, 0.4) is 0 Å². The Morgan fingerprint density at radius 2 is 1.93 bits per heavy atom. The highest BCUT2D eigenvalue weighted by Crippen LogP contribution is 2.47. The van der Waals surface area contributed by atoms with Crippen LogP contribution in [-0.2, 0) is 4.74 Å². The minimum atomic E-state index is 0.402. The number of ether oxygens (including phenoxy) is 1.